The molecule has 0 radical (unpaired) electrons. The number of carboxylic acid groups (broad SMARTS) is 1. The van der Waals surface area contributed by atoms with Gasteiger partial charge in [0.05, 0.1) is 6.61 Å². The number of carbonyl (C=O) groups is 5. The number of amides is 2. The number of unbranched alkanes of at least 4 members (excludes halogenated alkanes) is 24. The SMILES string of the molecule is CCCCCCCCCCCCCCCC(=O)OC[C@H](CSC[C@H](NC(=O)OCC(Cl)(Cl)Cl)C(=O)N[C@@H](CO)C(=O)O)OC(=O)CCCCCCCCCCCCCCC. The molecule has 0 saturated heterocycles. The molecule has 0 aliphatic heterocycles. The van der Waals surface area contributed by atoms with Crippen molar-refractivity contribution in [2.75, 3.05) is 31.3 Å². The number of rotatable bonds is 41. The molecular formula is C44H79Cl3N2O10S. The Balaban J connectivity index is 5.04. The Morgan fingerprint density at radius 2 is 0.983 bits per heavy atom. The standard InChI is InChI=1S/C44H79Cl3N2O10S/c1-3-5-7-9-11-13-15-17-19-21-23-25-27-29-39(51)57-32-36(59-40(52)30-28-26-24-22-20-18-16-14-12-10-8-6-4-2)33-60-34-38(41(53)48-37(31-50)42(54)55)49-43(56)58-35-44(45,46)47/h36-38,50H,3-35H2,1-2H3,(H,48,53)(H,49,56)(H,54,55)/t36-,37+,38+/m1/s1. The Morgan fingerprint density at radius 1 is 0.567 bits per heavy atom. The van der Waals surface area contributed by atoms with Crippen molar-refractivity contribution in [1.29, 1.82) is 0 Å². The molecule has 3 atom stereocenters. The quantitative estimate of drug-likeness (QED) is 0.0198. The van der Waals surface area contributed by atoms with Crippen molar-refractivity contribution in [3.05, 3.63) is 0 Å². The van der Waals surface area contributed by atoms with Crippen LogP contribution in [0.25, 0.3) is 0 Å². The number of carbonyl (C=O) groups excluding carboxylic acids is 4. The second kappa shape index (κ2) is 40.1. The lowest BCUT2D eigenvalue weighted by Gasteiger charge is -2.22. The summed E-state index contributed by atoms with van der Waals surface area (Å²) in [5, 5.41) is 23.2. The number of aliphatic carboxylic acids is 1. The summed E-state index contributed by atoms with van der Waals surface area (Å²) >= 11 is 18.1. The van der Waals surface area contributed by atoms with Crippen LogP contribution in [0, 0.1) is 0 Å². The van der Waals surface area contributed by atoms with Gasteiger partial charge in [-0.3, -0.25) is 14.4 Å². The molecule has 0 aromatic heterocycles. The second-order valence-electron chi connectivity index (χ2n) is 15.8. The van der Waals surface area contributed by atoms with Gasteiger partial charge in [0, 0.05) is 24.3 Å². The van der Waals surface area contributed by atoms with Crippen molar-refractivity contribution < 1.29 is 48.4 Å². The van der Waals surface area contributed by atoms with Gasteiger partial charge in [-0.15, -0.1) is 0 Å². The number of alkyl carbamates (subject to hydrolysis) is 1. The van der Waals surface area contributed by atoms with Crippen molar-refractivity contribution >= 4 is 76.5 Å². The maximum atomic E-state index is 13.0. The van der Waals surface area contributed by atoms with Crippen molar-refractivity contribution in [1.82, 2.24) is 10.6 Å². The van der Waals surface area contributed by atoms with E-state index in [2.05, 4.69) is 24.5 Å². The summed E-state index contributed by atoms with van der Waals surface area (Å²) in [6.45, 7) is 2.77. The molecule has 0 aliphatic carbocycles. The summed E-state index contributed by atoms with van der Waals surface area (Å²) in [4.78, 5) is 62.4. The molecule has 352 valence electrons. The Kier molecular flexibility index (Phi) is 39.0. The summed E-state index contributed by atoms with van der Waals surface area (Å²) in [7, 11) is 0. The third-order valence-corrected chi connectivity index (χ3v) is 11.6. The van der Waals surface area contributed by atoms with Crippen LogP contribution >= 0.6 is 46.6 Å². The van der Waals surface area contributed by atoms with Crippen LogP contribution in [0.4, 0.5) is 4.79 Å². The average Bonchev–Trinajstić information content (AvgIpc) is 3.20. The van der Waals surface area contributed by atoms with Crippen LogP contribution < -0.4 is 10.6 Å². The maximum Gasteiger partial charge on any atom is 0.407 e. The lowest BCUT2D eigenvalue weighted by molar-refractivity contribution is -0.157. The first kappa shape index (κ1) is 58.3. The summed E-state index contributed by atoms with van der Waals surface area (Å²) in [6, 6.07) is -2.98. The number of thioether (sulfide) groups is 1. The number of esters is 2. The Labute approximate surface area is 380 Å². The van der Waals surface area contributed by atoms with Gasteiger partial charge in [0.2, 0.25) is 9.70 Å². The highest BCUT2D eigenvalue weighted by Gasteiger charge is 2.29. The number of hydrogen-bond donors (Lipinski definition) is 4. The summed E-state index contributed by atoms with van der Waals surface area (Å²) in [5.41, 5.74) is 0. The van der Waals surface area contributed by atoms with E-state index in [1.807, 2.05) is 0 Å². The van der Waals surface area contributed by atoms with Crippen molar-refractivity contribution in [2.24, 2.45) is 0 Å². The average molecular weight is 935 g/mol. The first-order valence-electron chi connectivity index (χ1n) is 22.9. The van der Waals surface area contributed by atoms with Crippen molar-refractivity contribution in [3.8, 4) is 0 Å². The fourth-order valence-electron chi connectivity index (χ4n) is 6.48. The zero-order valence-electron chi connectivity index (χ0n) is 36.8. The number of carboxylic acids is 1. The molecule has 0 aromatic carbocycles. The number of alkyl halides is 3. The largest absolute Gasteiger partial charge is 0.480 e. The maximum absolute atomic E-state index is 13.0. The normalized spacial score (nSPS) is 13.0. The van der Waals surface area contributed by atoms with E-state index in [1.54, 1.807) is 0 Å². The van der Waals surface area contributed by atoms with E-state index in [-0.39, 0.29) is 36.9 Å². The van der Waals surface area contributed by atoms with Crippen molar-refractivity contribution in [2.45, 2.75) is 216 Å². The lowest BCUT2D eigenvalue weighted by Crippen LogP contribution is -2.54. The first-order chi connectivity index (χ1) is 28.8. The van der Waals surface area contributed by atoms with Gasteiger partial charge in [0.15, 0.2) is 0 Å². The van der Waals surface area contributed by atoms with Gasteiger partial charge < -0.3 is 35.1 Å². The Morgan fingerprint density at radius 3 is 1.38 bits per heavy atom. The third kappa shape index (κ3) is 38.0. The van der Waals surface area contributed by atoms with Crippen LogP contribution in [0.1, 0.15) is 194 Å². The number of nitrogens with one attached hydrogen (secondary N) is 2. The van der Waals surface area contributed by atoms with Gasteiger partial charge in [-0.2, -0.15) is 11.8 Å². The number of aliphatic hydroxyl groups is 1. The topological polar surface area (TPSA) is 178 Å². The number of ether oxygens (including phenoxy) is 3. The molecule has 0 aromatic rings. The highest BCUT2D eigenvalue weighted by Crippen LogP contribution is 2.26. The molecule has 16 heteroatoms. The van der Waals surface area contributed by atoms with Crippen molar-refractivity contribution in [3.63, 3.8) is 0 Å². The fraction of sp³-hybridized carbons (Fsp3) is 0.886. The molecule has 0 saturated carbocycles. The molecular weight excluding hydrogens is 855 g/mol. The van der Waals surface area contributed by atoms with E-state index in [1.165, 1.54) is 116 Å². The minimum atomic E-state index is -1.91. The lowest BCUT2D eigenvalue weighted by atomic mass is 10.0. The van der Waals surface area contributed by atoms with Crippen LogP contribution in [-0.4, -0.2) is 93.4 Å². The van der Waals surface area contributed by atoms with E-state index in [4.69, 9.17) is 49.0 Å². The highest BCUT2D eigenvalue weighted by atomic mass is 35.6. The smallest absolute Gasteiger partial charge is 0.407 e. The molecule has 4 N–H and O–H groups in total. The van der Waals surface area contributed by atoms with Gasteiger partial charge in [-0.25, -0.2) is 9.59 Å². The van der Waals surface area contributed by atoms with E-state index in [9.17, 15) is 34.2 Å². The van der Waals surface area contributed by atoms with Gasteiger partial charge in [0.25, 0.3) is 0 Å². The fourth-order valence-corrected chi connectivity index (χ4v) is 7.68. The van der Waals surface area contributed by atoms with Crippen LogP contribution in [0.2, 0.25) is 0 Å². The zero-order valence-corrected chi connectivity index (χ0v) is 39.9. The number of hydrogen-bond acceptors (Lipinski definition) is 10. The molecule has 0 aliphatic rings. The van der Waals surface area contributed by atoms with Gasteiger partial charge in [0.1, 0.15) is 31.4 Å². The number of halogens is 3. The van der Waals surface area contributed by atoms with Gasteiger partial charge in [-0.1, -0.05) is 203 Å². The number of aliphatic hydroxyl groups excluding tert-OH is 1. The van der Waals surface area contributed by atoms with Gasteiger partial charge >= 0.3 is 24.0 Å². The van der Waals surface area contributed by atoms with E-state index in [0.29, 0.717) is 12.8 Å². The zero-order chi connectivity index (χ0) is 44.7. The van der Waals surface area contributed by atoms with Crippen LogP contribution in [0.15, 0.2) is 0 Å². The summed E-state index contributed by atoms with van der Waals surface area (Å²) in [6.07, 6.45) is 29.3. The molecule has 2 amide bonds. The molecule has 60 heavy (non-hydrogen) atoms. The Bertz CT molecular complexity index is 1120. The monoisotopic (exact) mass is 932 g/mol. The van der Waals surface area contributed by atoms with E-state index in [0.717, 1.165) is 50.3 Å². The molecule has 0 fully saturated rings. The highest BCUT2D eigenvalue weighted by molar-refractivity contribution is 7.99. The van der Waals surface area contributed by atoms with Crippen LogP contribution in [-0.2, 0) is 33.4 Å². The Hall–Kier alpha value is -1.67. The molecule has 0 rings (SSSR count). The van der Waals surface area contributed by atoms with E-state index >= 15 is 0 Å². The van der Waals surface area contributed by atoms with Gasteiger partial charge in [-0.05, 0) is 12.8 Å². The van der Waals surface area contributed by atoms with Crippen LogP contribution in [0.3, 0.4) is 0 Å². The minimum absolute atomic E-state index is 0.0907. The molecule has 0 spiro atoms. The molecule has 12 nitrogen and oxygen atoms in total. The molecule has 0 unspecified atom stereocenters. The van der Waals surface area contributed by atoms with Crippen LogP contribution in [0.5, 0.6) is 0 Å². The predicted molar refractivity (Wildman–Crippen MR) is 244 cm³/mol. The molecule has 0 bridgehead atoms. The molecule has 0 heterocycles. The minimum Gasteiger partial charge on any atom is -0.480 e. The predicted octanol–water partition coefficient (Wildman–Crippen LogP) is 11.2. The second-order valence-corrected chi connectivity index (χ2v) is 19.4. The summed E-state index contributed by atoms with van der Waals surface area (Å²) in [5.74, 6) is -3.26. The summed E-state index contributed by atoms with van der Waals surface area (Å²) < 4.78 is 14.2. The van der Waals surface area contributed by atoms with E-state index < -0.39 is 59.1 Å². The third-order valence-electron chi connectivity index (χ3n) is 10.1. The first-order valence-corrected chi connectivity index (χ1v) is 25.2.